The Morgan fingerprint density at radius 2 is 1.73 bits per heavy atom. The van der Waals surface area contributed by atoms with Gasteiger partial charge in [-0.3, -0.25) is 5.32 Å². The van der Waals surface area contributed by atoms with E-state index in [-0.39, 0.29) is 0 Å². The van der Waals surface area contributed by atoms with Crippen LogP contribution in [0, 0.1) is 0 Å². The summed E-state index contributed by atoms with van der Waals surface area (Å²) in [5.74, 6) is 1.12. The molecule has 0 saturated heterocycles. The van der Waals surface area contributed by atoms with Crippen LogP contribution in [-0.4, -0.2) is 25.9 Å². The number of ether oxygens (including phenoxy) is 3. The average molecular weight is 308 g/mol. The normalized spacial score (nSPS) is 15.9. The molecule has 0 atom stereocenters. The van der Waals surface area contributed by atoms with Crippen LogP contribution in [0.1, 0.15) is 39.2 Å². The smallest absolute Gasteiger partial charge is 0.412 e. The van der Waals surface area contributed by atoms with Gasteiger partial charge in [-0.2, -0.15) is 0 Å². The second kappa shape index (κ2) is 5.68. The van der Waals surface area contributed by atoms with E-state index in [2.05, 4.69) is 5.32 Å². The zero-order valence-electron chi connectivity index (χ0n) is 13.8. The topological polar surface area (TPSA) is 82.8 Å². The first-order valence-corrected chi connectivity index (χ1v) is 7.24. The lowest BCUT2D eigenvalue weighted by Crippen LogP contribution is -2.29. The Bertz CT molecular complexity index is 574. The van der Waals surface area contributed by atoms with Gasteiger partial charge in [-0.25, -0.2) is 4.79 Å². The van der Waals surface area contributed by atoms with Crippen molar-refractivity contribution in [3.8, 4) is 11.5 Å². The molecule has 22 heavy (non-hydrogen) atoms. The van der Waals surface area contributed by atoms with E-state index in [9.17, 15) is 4.79 Å². The number of carbonyl (C=O) groups is 1. The minimum Gasteiger partial charge on any atom is -0.493 e. The highest BCUT2D eigenvalue weighted by molar-refractivity contribution is 5.87. The van der Waals surface area contributed by atoms with Gasteiger partial charge in [0.25, 0.3) is 0 Å². The molecule has 0 bridgehead atoms. The van der Waals surface area contributed by atoms with E-state index in [1.54, 1.807) is 20.3 Å². The molecule has 0 aliphatic heterocycles. The van der Waals surface area contributed by atoms with E-state index < -0.39 is 17.2 Å². The van der Waals surface area contributed by atoms with Crippen molar-refractivity contribution in [1.82, 2.24) is 0 Å². The summed E-state index contributed by atoms with van der Waals surface area (Å²) in [6.07, 6.45) is 1.21. The number of amides is 1. The number of carbonyl (C=O) groups excluding carboxylic acids is 1. The second-order valence-electron chi connectivity index (χ2n) is 6.54. The summed E-state index contributed by atoms with van der Waals surface area (Å²) in [6.45, 7) is 5.44. The predicted molar refractivity (Wildman–Crippen MR) is 84.5 cm³/mol. The molecule has 1 aromatic rings. The van der Waals surface area contributed by atoms with E-state index in [4.69, 9.17) is 19.9 Å². The van der Waals surface area contributed by atoms with Crippen molar-refractivity contribution in [2.75, 3.05) is 19.5 Å². The first-order chi connectivity index (χ1) is 10.2. The molecular formula is C16H24N2O4. The van der Waals surface area contributed by atoms with Crippen molar-refractivity contribution in [2.24, 2.45) is 5.73 Å². The zero-order valence-corrected chi connectivity index (χ0v) is 13.8. The van der Waals surface area contributed by atoms with Crippen molar-refractivity contribution in [3.05, 3.63) is 17.7 Å². The van der Waals surface area contributed by atoms with Gasteiger partial charge in [0, 0.05) is 11.6 Å². The van der Waals surface area contributed by atoms with Crippen LogP contribution >= 0.6 is 0 Å². The number of methoxy groups -OCH3 is 2. The van der Waals surface area contributed by atoms with Gasteiger partial charge in [0.05, 0.1) is 19.9 Å². The third-order valence-corrected chi connectivity index (χ3v) is 3.48. The molecule has 3 N–H and O–H groups in total. The van der Waals surface area contributed by atoms with Crippen LogP contribution < -0.4 is 20.5 Å². The molecule has 1 aliphatic carbocycles. The number of rotatable bonds is 4. The molecule has 1 amide bonds. The van der Waals surface area contributed by atoms with Gasteiger partial charge in [-0.05, 0) is 45.2 Å². The van der Waals surface area contributed by atoms with Crippen molar-refractivity contribution >= 4 is 11.8 Å². The lowest BCUT2D eigenvalue weighted by Gasteiger charge is -2.22. The number of benzene rings is 1. The minimum absolute atomic E-state index is 0.427. The lowest BCUT2D eigenvalue weighted by atomic mass is 10.0. The molecule has 6 heteroatoms. The number of nitrogens with two attached hydrogens (primary N) is 1. The molecule has 2 rings (SSSR count). The van der Waals surface area contributed by atoms with Crippen LogP contribution in [0.2, 0.25) is 0 Å². The fraction of sp³-hybridized carbons (Fsp3) is 0.562. The van der Waals surface area contributed by atoms with Gasteiger partial charge in [0.2, 0.25) is 0 Å². The Morgan fingerprint density at radius 3 is 2.18 bits per heavy atom. The van der Waals surface area contributed by atoms with E-state index in [1.165, 1.54) is 0 Å². The summed E-state index contributed by atoms with van der Waals surface area (Å²) >= 11 is 0. The Hall–Kier alpha value is -1.95. The molecule has 1 fully saturated rings. The SMILES string of the molecule is COc1cc(NC(=O)OC(C)(C)C)c(C2(N)CC2)cc1OC. The number of anilines is 1. The molecule has 0 aromatic heterocycles. The third-order valence-electron chi connectivity index (χ3n) is 3.48. The van der Waals surface area contributed by atoms with Crippen LogP contribution in [0.15, 0.2) is 12.1 Å². The summed E-state index contributed by atoms with van der Waals surface area (Å²) in [6, 6.07) is 3.53. The van der Waals surface area contributed by atoms with Gasteiger partial charge < -0.3 is 19.9 Å². The van der Waals surface area contributed by atoms with E-state index in [0.29, 0.717) is 17.2 Å². The largest absolute Gasteiger partial charge is 0.493 e. The molecule has 1 saturated carbocycles. The van der Waals surface area contributed by atoms with Gasteiger partial charge in [-0.1, -0.05) is 0 Å². The molecule has 0 heterocycles. The summed E-state index contributed by atoms with van der Waals surface area (Å²) in [4.78, 5) is 12.0. The lowest BCUT2D eigenvalue weighted by molar-refractivity contribution is 0.0635. The van der Waals surface area contributed by atoms with Gasteiger partial charge >= 0.3 is 6.09 Å². The summed E-state index contributed by atoms with van der Waals surface area (Å²) < 4.78 is 15.9. The molecule has 0 radical (unpaired) electrons. The van der Waals surface area contributed by atoms with Crippen LogP contribution in [0.3, 0.4) is 0 Å². The standard InChI is InChI=1S/C16H24N2O4/c1-15(2,3)22-14(19)18-11-9-13(21-5)12(20-4)8-10(11)16(17)6-7-16/h8-9H,6-7,17H2,1-5H3,(H,18,19). The average Bonchev–Trinajstić information content (AvgIpc) is 3.14. The monoisotopic (exact) mass is 308 g/mol. The summed E-state index contributed by atoms with van der Waals surface area (Å²) in [5.41, 5.74) is 6.72. The van der Waals surface area contributed by atoms with Crippen molar-refractivity contribution in [1.29, 1.82) is 0 Å². The van der Waals surface area contributed by atoms with Crippen molar-refractivity contribution < 1.29 is 19.0 Å². The fourth-order valence-electron chi connectivity index (χ4n) is 2.21. The maximum absolute atomic E-state index is 12.0. The molecule has 122 valence electrons. The van der Waals surface area contributed by atoms with Crippen LogP contribution in [0.25, 0.3) is 0 Å². The molecule has 6 nitrogen and oxygen atoms in total. The molecule has 0 unspecified atom stereocenters. The van der Waals surface area contributed by atoms with Gasteiger partial charge in [-0.15, -0.1) is 0 Å². The molecule has 0 spiro atoms. The summed E-state index contributed by atoms with van der Waals surface area (Å²) in [7, 11) is 3.11. The molecule has 1 aliphatic rings. The van der Waals surface area contributed by atoms with E-state index in [0.717, 1.165) is 18.4 Å². The van der Waals surface area contributed by atoms with Gasteiger partial charge in [0.1, 0.15) is 5.60 Å². The van der Waals surface area contributed by atoms with Crippen LogP contribution in [-0.2, 0) is 10.3 Å². The van der Waals surface area contributed by atoms with E-state index in [1.807, 2.05) is 26.8 Å². The maximum atomic E-state index is 12.0. The zero-order chi connectivity index (χ0) is 16.5. The first-order valence-electron chi connectivity index (χ1n) is 7.24. The molecule has 1 aromatic carbocycles. The second-order valence-corrected chi connectivity index (χ2v) is 6.54. The quantitative estimate of drug-likeness (QED) is 0.893. The van der Waals surface area contributed by atoms with Crippen molar-refractivity contribution in [2.45, 2.75) is 44.8 Å². The Kier molecular flexibility index (Phi) is 4.24. The highest BCUT2D eigenvalue weighted by Gasteiger charge is 2.42. The Morgan fingerprint density at radius 1 is 1.18 bits per heavy atom. The Labute approximate surface area is 130 Å². The Balaban J connectivity index is 2.34. The van der Waals surface area contributed by atoms with E-state index >= 15 is 0 Å². The maximum Gasteiger partial charge on any atom is 0.412 e. The number of hydrogen-bond acceptors (Lipinski definition) is 5. The fourth-order valence-corrected chi connectivity index (χ4v) is 2.21. The minimum atomic E-state index is -0.569. The molecular weight excluding hydrogens is 284 g/mol. The van der Waals surface area contributed by atoms with Crippen molar-refractivity contribution in [3.63, 3.8) is 0 Å². The van der Waals surface area contributed by atoms with Gasteiger partial charge in [0.15, 0.2) is 11.5 Å². The predicted octanol–water partition coefficient (Wildman–Crippen LogP) is 3.00. The third kappa shape index (κ3) is 3.62. The van der Waals surface area contributed by atoms with Crippen LogP contribution in [0.4, 0.5) is 10.5 Å². The van der Waals surface area contributed by atoms with Crippen LogP contribution in [0.5, 0.6) is 11.5 Å². The summed E-state index contributed by atoms with van der Waals surface area (Å²) in [5, 5.41) is 2.76. The number of nitrogens with one attached hydrogen (secondary N) is 1. The number of hydrogen-bond donors (Lipinski definition) is 2. The highest BCUT2D eigenvalue weighted by Crippen LogP contribution is 2.48. The first kappa shape index (κ1) is 16.4. The highest BCUT2D eigenvalue weighted by atomic mass is 16.6.